The number of fused-ring (bicyclic) bond motifs is 1. The van der Waals surface area contributed by atoms with E-state index in [1.807, 2.05) is 18.2 Å². The number of aryl methyl sites for hydroxylation is 1. The number of carbonyl (C=O) groups excluding carboxylic acids is 1. The number of rotatable bonds is 6. The van der Waals surface area contributed by atoms with Crippen molar-refractivity contribution >= 4 is 39.9 Å². The molecule has 4 rings (SSSR count). The molecule has 9 heteroatoms. The summed E-state index contributed by atoms with van der Waals surface area (Å²) < 4.78 is 1.48. The summed E-state index contributed by atoms with van der Waals surface area (Å²) in [5.74, 6) is -0.394. The lowest BCUT2D eigenvalue weighted by Crippen LogP contribution is -2.22. The third-order valence-corrected chi connectivity index (χ3v) is 5.72. The maximum atomic E-state index is 13.2. The normalized spacial score (nSPS) is 10.8. The predicted molar refractivity (Wildman–Crippen MR) is 125 cm³/mol. The third kappa shape index (κ3) is 4.37. The summed E-state index contributed by atoms with van der Waals surface area (Å²) >= 11 is 1.12. The lowest BCUT2D eigenvalue weighted by atomic mass is 10.2. The lowest BCUT2D eigenvalue weighted by molar-refractivity contribution is -0.385. The van der Waals surface area contributed by atoms with Gasteiger partial charge in [0.05, 0.1) is 27.3 Å². The summed E-state index contributed by atoms with van der Waals surface area (Å²) in [5, 5.41) is 14.7. The van der Waals surface area contributed by atoms with Crippen LogP contribution >= 0.6 is 11.8 Å². The first-order chi connectivity index (χ1) is 15.4. The molecule has 0 aliphatic carbocycles. The Balaban J connectivity index is 1.62. The molecule has 0 spiro atoms. The first-order valence-electron chi connectivity index (χ1n) is 9.69. The highest BCUT2D eigenvalue weighted by Crippen LogP contribution is 2.24. The minimum atomic E-state index is -0.489. The molecule has 0 unspecified atom stereocenters. The molecule has 1 N–H and O–H groups in total. The van der Waals surface area contributed by atoms with Crippen molar-refractivity contribution < 1.29 is 9.72 Å². The fourth-order valence-corrected chi connectivity index (χ4v) is 4.04. The van der Waals surface area contributed by atoms with Gasteiger partial charge in [0.1, 0.15) is 0 Å². The van der Waals surface area contributed by atoms with Gasteiger partial charge >= 0.3 is 0 Å². The Hall–Kier alpha value is -3.98. The van der Waals surface area contributed by atoms with Crippen LogP contribution in [0.4, 0.5) is 11.4 Å². The zero-order valence-corrected chi connectivity index (χ0v) is 17.8. The molecular formula is C23H18N4O4S. The van der Waals surface area contributed by atoms with Crippen LogP contribution in [-0.2, 0) is 4.79 Å². The van der Waals surface area contributed by atoms with Gasteiger partial charge in [-0.25, -0.2) is 4.98 Å². The van der Waals surface area contributed by atoms with E-state index in [0.29, 0.717) is 33.0 Å². The Morgan fingerprint density at radius 2 is 1.81 bits per heavy atom. The molecule has 1 aromatic heterocycles. The summed E-state index contributed by atoms with van der Waals surface area (Å²) in [6, 6.07) is 20.7. The summed E-state index contributed by atoms with van der Waals surface area (Å²) in [6.07, 6.45) is 0. The number of anilines is 1. The summed E-state index contributed by atoms with van der Waals surface area (Å²) in [4.78, 5) is 40.9. The second-order valence-corrected chi connectivity index (χ2v) is 7.93. The fourth-order valence-electron chi connectivity index (χ4n) is 3.22. The number of nitrogens with one attached hydrogen (secondary N) is 1. The first-order valence-corrected chi connectivity index (χ1v) is 10.7. The lowest BCUT2D eigenvalue weighted by Gasteiger charge is -2.13. The average Bonchev–Trinajstić information content (AvgIpc) is 2.79. The number of hydrogen-bond acceptors (Lipinski definition) is 6. The number of benzene rings is 3. The maximum Gasteiger partial charge on any atom is 0.274 e. The Morgan fingerprint density at radius 1 is 1.09 bits per heavy atom. The number of carbonyl (C=O) groups is 1. The van der Waals surface area contributed by atoms with Gasteiger partial charge in [0.25, 0.3) is 11.2 Å². The topological polar surface area (TPSA) is 107 Å². The van der Waals surface area contributed by atoms with E-state index in [-0.39, 0.29) is 22.9 Å². The molecule has 0 aliphatic heterocycles. The number of thioether (sulfide) groups is 1. The van der Waals surface area contributed by atoms with Crippen molar-refractivity contribution in [3.8, 4) is 5.69 Å². The Bertz CT molecular complexity index is 1390. The third-order valence-electron chi connectivity index (χ3n) is 4.78. The van der Waals surface area contributed by atoms with Crippen LogP contribution in [-0.4, -0.2) is 26.1 Å². The smallest absolute Gasteiger partial charge is 0.274 e. The number of amides is 1. The molecule has 0 saturated heterocycles. The van der Waals surface area contributed by atoms with E-state index in [1.165, 1.54) is 10.6 Å². The molecule has 160 valence electrons. The van der Waals surface area contributed by atoms with Gasteiger partial charge in [0, 0.05) is 17.3 Å². The van der Waals surface area contributed by atoms with Gasteiger partial charge in [0.15, 0.2) is 5.16 Å². The van der Waals surface area contributed by atoms with Gasteiger partial charge < -0.3 is 5.32 Å². The fraction of sp³-hybridized carbons (Fsp3) is 0.0870. The maximum absolute atomic E-state index is 13.2. The average molecular weight is 446 g/mol. The zero-order valence-electron chi connectivity index (χ0n) is 17.0. The summed E-state index contributed by atoms with van der Waals surface area (Å²) in [7, 11) is 0. The molecule has 1 heterocycles. The molecule has 0 saturated carbocycles. The molecule has 3 aromatic carbocycles. The van der Waals surface area contributed by atoms with Gasteiger partial charge in [-0.2, -0.15) is 0 Å². The second kappa shape index (κ2) is 9.03. The van der Waals surface area contributed by atoms with E-state index in [0.717, 1.165) is 11.8 Å². The summed E-state index contributed by atoms with van der Waals surface area (Å²) in [5.41, 5.74) is 1.74. The van der Waals surface area contributed by atoms with Crippen molar-refractivity contribution in [2.24, 2.45) is 0 Å². The highest BCUT2D eigenvalue weighted by atomic mass is 32.2. The van der Waals surface area contributed by atoms with Crippen LogP contribution in [0.2, 0.25) is 0 Å². The number of para-hydroxylation sites is 2. The van der Waals surface area contributed by atoms with Gasteiger partial charge in [-0.15, -0.1) is 0 Å². The number of nitrogens with zero attached hydrogens (tertiary/aromatic N) is 3. The van der Waals surface area contributed by atoms with Crippen molar-refractivity contribution in [1.82, 2.24) is 9.55 Å². The van der Waals surface area contributed by atoms with Crippen molar-refractivity contribution in [3.63, 3.8) is 0 Å². The van der Waals surface area contributed by atoms with Gasteiger partial charge in [-0.3, -0.25) is 24.3 Å². The van der Waals surface area contributed by atoms with Crippen LogP contribution in [0, 0.1) is 17.0 Å². The molecule has 0 fully saturated rings. The monoisotopic (exact) mass is 446 g/mol. The Kier molecular flexibility index (Phi) is 6.00. The van der Waals surface area contributed by atoms with E-state index in [4.69, 9.17) is 0 Å². The highest BCUT2D eigenvalue weighted by Gasteiger charge is 2.16. The number of nitro benzene ring substituents is 1. The minimum absolute atomic E-state index is 0.0285. The standard InChI is InChI=1S/C23H18N4O4S/c1-15-11-12-16(13-20(15)27(30)31)24-21(28)14-32-23-25-19-10-6-5-9-18(19)22(29)26(23)17-7-3-2-4-8-17/h2-13H,14H2,1H3,(H,24,28). The first kappa shape index (κ1) is 21.3. The van der Waals surface area contributed by atoms with Crippen molar-refractivity contribution in [3.05, 3.63) is 98.8 Å². The SMILES string of the molecule is Cc1ccc(NC(=O)CSc2nc3ccccc3c(=O)n2-c2ccccc2)cc1[N+](=O)[O-]. The molecule has 32 heavy (non-hydrogen) atoms. The molecule has 0 bridgehead atoms. The zero-order chi connectivity index (χ0) is 22.7. The quantitative estimate of drug-likeness (QED) is 0.204. The Morgan fingerprint density at radius 3 is 2.56 bits per heavy atom. The van der Waals surface area contributed by atoms with Crippen molar-refractivity contribution in [1.29, 1.82) is 0 Å². The molecular weight excluding hydrogens is 428 g/mol. The van der Waals surface area contributed by atoms with E-state index in [2.05, 4.69) is 10.3 Å². The van der Waals surface area contributed by atoms with Crippen LogP contribution < -0.4 is 10.9 Å². The van der Waals surface area contributed by atoms with E-state index >= 15 is 0 Å². The second-order valence-electron chi connectivity index (χ2n) is 6.98. The van der Waals surface area contributed by atoms with Crippen LogP contribution in [0.15, 0.2) is 82.7 Å². The summed E-state index contributed by atoms with van der Waals surface area (Å²) in [6.45, 7) is 1.63. The van der Waals surface area contributed by atoms with E-state index < -0.39 is 4.92 Å². The molecule has 0 radical (unpaired) electrons. The molecule has 0 aliphatic rings. The van der Waals surface area contributed by atoms with Crippen LogP contribution in [0.3, 0.4) is 0 Å². The van der Waals surface area contributed by atoms with E-state index in [9.17, 15) is 19.7 Å². The van der Waals surface area contributed by atoms with Gasteiger partial charge in [0.2, 0.25) is 5.91 Å². The number of nitro groups is 1. The minimum Gasteiger partial charge on any atom is -0.325 e. The van der Waals surface area contributed by atoms with Crippen molar-refractivity contribution in [2.75, 3.05) is 11.1 Å². The molecule has 8 nitrogen and oxygen atoms in total. The number of aromatic nitrogens is 2. The van der Waals surface area contributed by atoms with Crippen molar-refractivity contribution in [2.45, 2.75) is 12.1 Å². The van der Waals surface area contributed by atoms with Gasteiger partial charge in [-0.05, 0) is 37.3 Å². The predicted octanol–water partition coefficient (Wildman–Crippen LogP) is 4.33. The van der Waals surface area contributed by atoms with E-state index in [1.54, 1.807) is 55.5 Å². The highest BCUT2D eigenvalue weighted by molar-refractivity contribution is 7.99. The number of hydrogen-bond donors (Lipinski definition) is 1. The largest absolute Gasteiger partial charge is 0.325 e. The molecule has 1 amide bonds. The van der Waals surface area contributed by atoms with Crippen LogP contribution in [0.25, 0.3) is 16.6 Å². The molecule has 0 atom stereocenters. The Labute approximate surface area is 187 Å². The van der Waals surface area contributed by atoms with Crippen LogP contribution in [0.1, 0.15) is 5.56 Å². The molecule has 4 aromatic rings. The van der Waals surface area contributed by atoms with Gasteiger partial charge in [-0.1, -0.05) is 48.2 Å². The van der Waals surface area contributed by atoms with Crippen LogP contribution in [0.5, 0.6) is 0 Å².